The summed E-state index contributed by atoms with van der Waals surface area (Å²) in [5, 5.41) is 0. The number of hydrogen-bond donors (Lipinski definition) is 1. The summed E-state index contributed by atoms with van der Waals surface area (Å²) in [4.78, 5) is 2.30. The van der Waals surface area contributed by atoms with Crippen LogP contribution in [0, 0.1) is 17.2 Å². The Morgan fingerprint density at radius 3 is 2.35 bits per heavy atom. The largest absolute Gasteiger partial charge is 0.371 e. The van der Waals surface area contributed by atoms with E-state index in [1.54, 1.807) is 6.07 Å². The number of piperidine rings is 1. The molecule has 1 atom stereocenters. The van der Waals surface area contributed by atoms with Gasteiger partial charge in [0.25, 0.3) is 0 Å². The Kier molecular flexibility index (Phi) is 4.38. The molecule has 2 nitrogen and oxygen atoms in total. The second kappa shape index (κ2) is 5.72. The number of anilines is 1. The third-order valence-corrected chi connectivity index (χ3v) is 4.55. The van der Waals surface area contributed by atoms with Gasteiger partial charge in [0.2, 0.25) is 0 Å². The van der Waals surface area contributed by atoms with Crippen molar-refractivity contribution in [3.05, 3.63) is 29.6 Å². The third kappa shape index (κ3) is 3.14. The third-order valence-electron chi connectivity index (χ3n) is 4.55. The van der Waals surface area contributed by atoms with E-state index < -0.39 is 0 Å². The van der Waals surface area contributed by atoms with E-state index in [0.29, 0.717) is 11.0 Å². The van der Waals surface area contributed by atoms with Crippen molar-refractivity contribution in [1.29, 1.82) is 0 Å². The Balaban J connectivity index is 2.17. The summed E-state index contributed by atoms with van der Waals surface area (Å²) < 4.78 is 14.0. The molecular weight excluding hydrogens is 251 g/mol. The highest BCUT2D eigenvalue weighted by Gasteiger charge is 2.30. The summed E-state index contributed by atoms with van der Waals surface area (Å²) >= 11 is 0. The molecule has 1 aliphatic rings. The van der Waals surface area contributed by atoms with E-state index in [0.717, 1.165) is 24.7 Å². The van der Waals surface area contributed by atoms with Gasteiger partial charge in [-0.3, -0.25) is 0 Å². The second-order valence-electron chi connectivity index (χ2n) is 7.09. The number of nitrogens with zero attached hydrogens (tertiary/aromatic N) is 1. The monoisotopic (exact) mass is 278 g/mol. The Labute approximate surface area is 122 Å². The summed E-state index contributed by atoms with van der Waals surface area (Å²) in [6, 6.07) is 5.02. The van der Waals surface area contributed by atoms with Crippen molar-refractivity contribution in [2.75, 3.05) is 18.0 Å². The van der Waals surface area contributed by atoms with Crippen LogP contribution in [0.25, 0.3) is 0 Å². The van der Waals surface area contributed by atoms with Gasteiger partial charge in [0.1, 0.15) is 5.82 Å². The summed E-state index contributed by atoms with van der Waals surface area (Å²) in [5.74, 6) is 0.557. The van der Waals surface area contributed by atoms with Crippen LogP contribution in [0.3, 0.4) is 0 Å². The van der Waals surface area contributed by atoms with Gasteiger partial charge >= 0.3 is 0 Å². The lowest BCUT2D eigenvalue weighted by Crippen LogP contribution is -2.38. The molecule has 20 heavy (non-hydrogen) atoms. The van der Waals surface area contributed by atoms with Gasteiger partial charge in [-0.15, -0.1) is 0 Å². The average Bonchev–Trinajstić information content (AvgIpc) is 2.37. The predicted octanol–water partition coefficient (Wildman–Crippen LogP) is 4.11. The molecule has 1 aliphatic heterocycles. The lowest BCUT2D eigenvalue weighted by Gasteiger charge is -2.40. The maximum atomic E-state index is 14.0. The molecule has 1 aromatic carbocycles. The first-order chi connectivity index (χ1) is 9.30. The van der Waals surface area contributed by atoms with Crippen LogP contribution in [0.2, 0.25) is 0 Å². The number of halogens is 1. The highest BCUT2D eigenvalue weighted by atomic mass is 19.1. The van der Waals surface area contributed by atoms with E-state index in [1.807, 2.05) is 13.0 Å². The van der Waals surface area contributed by atoms with Crippen molar-refractivity contribution in [2.45, 2.75) is 46.6 Å². The molecule has 0 aliphatic carbocycles. The Morgan fingerprint density at radius 1 is 1.25 bits per heavy atom. The standard InChI is InChI=1S/C17H27FN2/c1-12(19)16-14(18)6-5-7-15(16)20-10-8-13(9-11-20)17(2,3)4/h5-7,12-13H,8-11,19H2,1-4H3/t12-/m0/s1. The SMILES string of the molecule is C[C@H](N)c1c(F)cccc1N1CCC(C(C)(C)C)CC1. The fraction of sp³-hybridized carbons (Fsp3) is 0.647. The molecule has 1 heterocycles. The van der Waals surface area contributed by atoms with Gasteiger partial charge in [-0.05, 0) is 43.2 Å². The molecule has 0 aromatic heterocycles. The van der Waals surface area contributed by atoms with Crippen LogP contribution in [-0.4, -0.2) is 13.1 Å². The summed E-state index contributed by atoms with van der Waals surface area (Å²) in [5.41, 5.74) is 7.94. The molecule has 1 fully saturated rings. The molecule has 1 saturated heterocycles. The molecule has 0 saturated carbocycles. The Hall–Kier alpha value is -1.09. The van der Waals surface area contributed by atoms with Crippen LogP contribution in [0.15, 0.2) is 18.2 Å². The quantitative estimate of drug-likeness (QED) is 0.882. The van der Waals surface area contributed by atoms with Crippen molar-refractivity contribution < 1.29 is 4.39 Å². The van der Waals surface area contributed by atoms with E-state index >= 15 is 0 Å². The summed E-state index contributed by atoms with van der Waals surface area (Å²) in [6.45, 7) is 10.8. The number of benzene rings is 1. The Bertz CT molecular complexity index is 455. The van der Waals surface area contributed by atoms with E-state index in [1.165, 1.54) is 18.9 Å². The molecule has 0 radical (unpaired) electrons. The van der Waals surface area contributed by atoms with E-state index in [4.69, 9.17) is 5.73 Å². The van der Waals surface area contributed by atoms with Crippen LogP contribution in [0.4, 0.5) is 10.1 Å². The molecule has 0 spiro atoms. The predicted molar refractivity (Wildman–Crippen MR) is 83.4 cm³/mol. The van der Waals surface area contributed by atoms with Crippen molar-refractivity contribution in [3.8, 4) is 0 Å². The molecule has 0 bridgehead atoms. The van der Waals surface area contributed by atoms with Crippen LogP contribution in [0.1, 0.15) is 52.1 Å². The summed E-state index contributed by atoms with van der Waals surface area (Å²) in [6.07, 6.45) is 2.33. The summed E-state index contributed by atoms with van der Waals surface area (Å²) in [7, 11) is 0. The molecule has 0 unspecified atom stereocenters. The molecule has 2 rings (SSSR count). The first kappa shape index (κ1) is 15.3. The maximum absolute atomic E-state index is 14.0. The zero-order valence-electron chi connectivity index (χ0n) is 13.1. The van der Waals surface area contributed by atoms with Crippen LogP contribution >= 0.6 is 0 Å². The average molecular weight is 278 g/mol. The van der Waals surface area contributed by atoms with Gasteiger partial charge in [0, 0.05) is 30.4 Å². The molecular formula is C17H27FN2. The van der Waals surface area contributed by atoms with Crippen molar-refractivity contribution in [2.24, 2.45) is 17.1 Å². The minimum Gasteiger partial charge on any atom is -0.371 e. The lowest BCUT2D eigenvalue weighted by molar-refractivity contribution is 0.199. The van der Waals surface area contributed by atoms with Crippen molar-refractivity contribution in [3.63, 3.8) is 0 Å². The zero-order valence-corrected chi connectivity index (χ0v) is 13.1. The second-order valence-corrected chi connectivity index (χ2v) is 7.09. The molecule has 3 heteroatoms. The Morgan fingerprint density at radius 2 is 1.85 bits per heavy atom. The number of rotatable bonds is 2. The van der Waals surface area contributed by atoms with E-state index in [9.17, 15) is 4.39 Å². The van der Waals surface area contributed by atoms with Gasteiger partial charge in [0.05, 0.1) is 0 Å². The first-order valence-electron chi connectivity index (χ1n) is 7.59. The van der Waals surface area contributed by atoms with Crippen LogP contribution in [-0.2, 0) is 0 Å². The molecule has 0 amide bonds. The van der Waals surface area contributed by atoms with Gasteiger partial charge in [-0.25, -0.2) is 4.39 Å². The van der Waals surface area contributed by atoms with Gasteiger partial charge in [-0.2, -0.15) is 0 Å². The molecule has 112 valence electrons. The minimum absolute atomic E-state index is 0.185. The normalized spacial score (nSPS) is 19.2. The van der Waals surface area contributed by atoms with Crippen LogP contribution < -0.4 is 10.6 Å². The fourth-order valence-corrected chi connectivity index (χ4v) is 3.24. The van der Waals surface area contributed by atoms with E-state index in [-0.39, 0.29) is 11.9 Å². The maximum Gasteiger partial charge on any atom is 0.130 e. The van der Waals surface area contributed by atoms with Gasteiger partial charge in [0.15, 0.2) is 0 Å². The number of hydrogen-bond acceptors (Lipinski definition) is 2. The highest BCUT2D eigenvalue weighted by Crippen LogP contribution is 2.37. The first-order valence-corrected chi connectivity index (χ1v) is 7.59. The molecule has 2 N–H and O–H groups in total. The highest BCUT2D eigenvalue weighted by molar-refractivity contribution is 5.55. The smallest absolute Gasteiger partial charge is 0.130 e. The molecule has 1 aromatic rings. The van der Waals surface area contributed by atoms with E-state index in [2.05, 4.69) is 25.7 Å². The van der Waals surface area contributed by atoms with Gasteiger partial charge < -0.3 is 10.6 Å². The zero-order chi connectivity index (χ0) is 14.9. The minimum atomic E-state index is -0.272. The number of nitrogens with two attached hydrogens (primary N) is 1. The van der Waals surface area contributed by atoms with Crippen molar-refractivity contribution in [1.82, 2.24) is 0 Å². The van der Waals surface area contributed by atoms with Gasteiger partial charge in [-0.1, -0.05) is 26.8 Å². The fourth-order valence-electron chi connectivity index (χ4n) is 3.24. The van der Waals surface area contributed by atoms with Crippen molar-refractivity contribution >= 4 is 5.69 Å². The topological polar surface area (TPSA) is 29.3 Å². The van der Waals surface area contributed by atoms with Crippen LogP contribution in [0.5, 0.6) is 0 Å². The lowest BCUT2D eigenvalue weighted by atomic mass is 9.75.